The fourth-order valence-corrected chi connectivity index (χ4v) is 4.70. The SMILES string of the molecule is CCCCC1C=C(F)C(COc2ccc(-c3ccc(-c4ccc(CC)cc4)c(F)c3F)cc2)CC1. The third-order valence-corrected chi connectivity index (χ3v) is 6.97. The van der Waals surface area contributed by atoms with E-state index in [0.717, 1.165) is 44.1 Å². The Bertz CT molecular complexity index is 1150. The number of ether oxygens (including phenoxy) is 1. The normalized spacial score (nSPS) is 17.8. The van der Waals surface area contributed by atoms with Gasteiger partial charge in [0.1, 0.15) is 11.6 Å². The highest BCUT2D eigenvalue weighted by molar-refractivity contribution is 5.72. The second-order valence-corrected chi connectivity index (χ2v) is 9.40. The van der Waals surface area contributed by atoms with E-state index in [2.05, 4.69) is 13.8 Å². The van der Waals surface area contributed by atoms with Crippen LogP contribution in [0.4, 0.5) is 13.2 Å². The molecule has 35 heavy (non-hydrogen) atoms. The Kier molecular flexibility index (Phi) is 8.33. The number of rotatable bonds is 9. The Morgan fingerprint density at radius 1 is 0.771 bits per heavy atom. The maximum atomic E-state index is 15.0. The largest absolute Gasteiger partial charge is 0.493 e. The molecule has 0 amide bonds. The van der Waals surface area contributed by atoms with Gasteiger partial charge in [-0.25, -0.2) is 13.2 Å². The van der Waals surface area contributed by atoms with Crippen molar-refractivity contribution in [3.63, 3.8) is 0 Å². The van der Waals surface area contributed by atoms with E-state index >= 15 is 0 Å². The molecule has 1 aliphatic rings. The first-order chi connectivity index (χ1) is 17.0. The van der Waals surface area contributed by atoms with Crippen molar-refractivity contribution in [2.75, 3.05) is 6.61 Å². The summed E-state index contributed by atoms with van der Waals surface area (Å²) in [4.78, 5) is 0. The summed E-state index contributed by atoms with van der Waals surface area (Å²) in [5, 5.41) is 0. The van der Waals surface area contributed by atoms with Gasteiger partial charge < -0.3 is 4.74 Å². The van der Waals surface area contributed by atoms with Crippen molar-refractivity contribution in [1.82, 2.24) is 0 Å². The van der Waals surface area contributed by atoms with Crippen molar-refractivity contribution in [2.45, 2.75) is 52.4 Å². The van der Waals surface area contributed by atoms with Gasteiger partial charge >= 0.3 is 0 Å². The molecule has 3 aromatic rings. The number of benzene rings is 3. The van der Waals surface area contributed by atoms with Gasteiger partial charge in [0.15, 0.2) is 11.6 Å². The number of hydrogen-bond donors (Lipinski definition) is 0. The van der Waals surface area contributed by atoms with E-state index in [9.17, 15) is 13.2 Å². The molecule has 0 aromatic heterocycles. The van der Waals surface area contributed by atoms with Crippen LogP contribution in [0.15, 0.2) is 72.6 Å². The second kappa shape index (κ2) is 11.6. The molecule has 0 N–H and O–H groups in total. The Labute approximate surface area is 206 Å². The number of aryl methyl sites for hydroxylation is 1. The third kappa shape index (κ3) is 5.98. The van der Waals surface area contributed by atoms with Gasteiger partial charge in [0.2, 0.25) is 0 Å². The molecule has 0 saturated carbocycles. The van der Waals surface area contributed by atoms with E-state index in [1.54, 1.807) is 42.5 Å². The van der Waals surface area contributed by atoms with Gasteiger partial charge in [0, 0.05) is 17.0 Å². The molecule has 0 fully saturated rings. The highest BCUT2D eigenvalue weighted by atomic mass is 19.2. The minimum Gasteiger partial charge on any atom is -0.493 e. The van der Waals surface area contributed by atoms with Crippen molar-refractivity contribution in [1.29, 1.82) is 0 Å². The van der Waals surface area contributed by atoms with Crippen molar-refractivity contribution >= 4 is 0 Å². The number of allylic oxidation sites excluding steroid dienone is 1. The van der Waals surface area contributed by atoms with E-state index in [1.165, 1.54) is 0 Å². The van der Waals surface area contributed by atoms with Gasteiger partial charge in [0.25, 0.3) is 0 Å². The van der Waals surface area contributed by atoms with Crippen LogP contribution in [0.2, 0.25) is 0 Å². The summed E-state index contributed by atoms with van der Waals surface area (Å²) in [6.45, 7) is 4.48. The van der Waals surface area contributed by atoms with Crippen LogP contribution in [0.25, 0.3) is 22.3 Å². The lowest BCUT2D eigenvalue weighted by atomic mass is 9.85. The molecule has 4 heteroatoms. The molecule has 1 aliphatic carbocycles. The maximum absolute atomic E-state index is 15.0. The van der Waals surface area contributed by atoms with Crippen LogP contribution >= 0.6 is 0 Å². The van der Waals surface area contributed by atoms with Crippen molar-refractivity contribution in [3.05, 3.63) is 89.8 Å². The molecular formula is C31H33F3O. The van der Waals surface area contributed by atoms with Crippen LogP contribution in [0.1, 0.15) is 51.5 Å². The quantitative estimate of drug-likeness (QED) is 0.298. The maximum Gasteiger partial charge on any atom is 0.167 e. The van der Waals surface area contributed by atoms with Crippen LogP contribution in [-0.4, -0.2) is 6.61 Å². The summed E-state index contributed by atoms with van der Waals surface area (Å²) in [5.74, 6) is -1.10. The molecular weight excluding hydrogens is 445 g/mol. The van der Waals surface area contributed by atoms with Gasteiger partial charge in [-0.1, -0.05) is 75.2 Å². The molecule has 2 unspecified atom stereocenters. The fourth-order valence-electron chi connectivity index (χ4n) is 4.70. The average molecular weight is 479 g/mol. The van der Waals surface area contributed by atoms with Crippen LogP contribution in [0.5, 0.6) is 5.75 Å². The molecule has 0 bridgehead atoms. The van der Waals surface area contributed by atoms with Crippen LogP contribution in [0, 0.1) is 23.5 Å². The zero-order chi connectivity index (χ0) is 24.8. The molecule has 184 valence electrons. The molecule has 0 saturated heterocycles. The fraction of sp³-hybridized carbons (Fsp3) is 0.355. The van der Waals surface area contributed by atoms with E-state index in [4.69, 9.17) is 4.74 Å². The van der Waals surface area contributed by atoms with Crippen molar-refractivity contribution < 1.29 is 17.9 Å². The molecule has 0 heterocycles. The average Bonchev–Trinajstić information content (AvgIpc) is 2.89. The zero-order valence-electron chi connectivity index (χ0n) is 20.5. The Morgan fingerprint density at radius 2 is 1.37 bits per heavy atom. The van der Waals surface area contributed by atoms with Crippen LogP contribution < -0.4 is 4.74 Å². The molecule has 3 aromatic carbocycles. The van der Waals surface area contributed by atoms with Crippen molar-refractivity contribution in [2.24, 2.45) is 11.8 Å². The predicted octanol–water partition coefficient (Wildman–Crippen LogP) is 9.31. The molecule has 2 atom stereocenters. The molecule has 1 nitrogen and oxygen atoms in total. The number of halogens is 3. The summed E-state index contributed by atoms with van der Waals surface area (Å²) < 4.78 is 50.2. The molecule has 0 spiro atoms. The lowest BCUT2D eigenvalue weighted by Crippen LogP contribution is -2.19. The highest BCUT2D eigenvalue weighted by Gasteiger charge is 2.24. The number of unbranched alkanes of at least 4 members (excludes halogenated alkanes) is 1. The minimum absolute atomic E-state index is 0.0732. The third-order valence-electron chi connectivity index (χ3n) is 6.97. The van der Waals surface area contributed by atoms with Gasteiger partial charge in [0.05, 0.1) is 6.61 Å². The lowest BCUT2D eigenvalue weighted by Gasteiger charge is -2.24. The van der Waals surface area contributed by atoms with Crippen LogP contribution in [0.3, 0.4) is 0 Å². The first-order valence-corrected chi connectivity index (χ1v) is 12.7. The molecule has 0 radical (unpaired) electrons. The monoisotopic (exact) mass is 478 g/mol. The Balaban J connectivity index is 1.42. The topological polar surface area (TPSA) is 9.23 Å². The summed E-state index contributed by atoms with van der Waals surface area (Å²) in [7, 11) is 0. The summed E-state index contributed by atoms with van der Waals surface area (Å²) in [6.07, 6.45) is 7.74. The summed E-state index contributed by atoms with van der Waals surface area (Å²) in [6, 6.07) is 17.6. The predicted molar refractivity (Wildman–Crippen MR) is 137 cm³/mol. The van der Waals surface area contributed by atoms with Gasteiger partial charge in [-0.2, -0.15) is 0 Å². The van der Waals surface area contributed by atoms with E-state index in [-0.39, 0.29) is 29.5 Å². The lowest BCUT2D eigenvalue weighted by molar-refractivity contribution is 0.222. The van der Waals surface area contributed by atoms with E-state index in [1.807, 2.05) is 24.3 Å². The second-order valence-electron chi connectivity index (χ2n) is 9.40. The smallest absolute Gasteiger partial charge is 0.167 e. The van der Waals surface area contributed by atoms with Crippen LogP contribution in [-0.2, 0) is 6.42 Å². The first-order valence-electron chi connectivity index (χ1n) is 12.7. The zero-order valence-corrected chi connectivity index (χ0v) is 20.5. The Morgan fingerprint density at radius 3 is 1.91 bits per heavy atom. The van der Waals surface area contributed by atoms with Crippen molar-refractivity contribution in [3.8, 4) is 28.0 Å². The summed E-state index contributed by atoms with van der Waals surface area (Å²) in [5.41, 5.74) is 2.79. The van der Waals surface area contributed by atoms with Gasteiger partial charge in [-0.15, -0.1) is 0 Å². The van der Waals surface area contributed by atoms with Gasteiger partial charge in [-0.3, -0.25) is 0 Å². The summed E-state index contributed by atoms with van der Waals surface area (Å²) >= 11 is 0. The standard InChI is InChI=1S/C31H33F3O/c1-3-5-6-22-9-12-25(29(32)19-22)20-35-26-15-13-24(14-16-26)28-18-17-27(30(33)31(28)34)23-10-7-21(4-2)8-11-23/h7-8,10-11,13-19,22,25H,3-6,9,12,20H2,1-2H3. The van der Waals surface area contributed by atoms with Gasteiger partial charge in [-0.05, 0) is 66.5 Å². The molecule has 0 aliphatic heterocycles. The highest BCUT2D eigenvalue weighted by Crippen LogP contribution is 2.34. The Hall–Kier alpha value is -3.01. The molecule has 4 rings (SSSR count). The minimum atomic E-state index is -0.872. The van der Waals surface area contributed by atoms with E-state index < -0.39 is 11.6 Å². The van der Waals surface area contributed by atoms with E-state index in [0.29, 0.717) is 22.8 Å². The first kappa shape index (κ1) is 25.1. The number of hydrogen-bond acceptors (Lipinski definition) is 1.